The molecule has 0 bridgehead atoms. The zero-order chi connectivity index (χ0) is 22.8. The van der Waals surface area contributed by atoms with Crippen LogP contribution in [0.3, 0.4) is 0 Å². The fourth-order valence-corrected chi connectivity index (χ4v) is 3.00. The van der Waals surface area contributed by atoms with Crippen LogP contribution >= 0.6 is 0 Å². The monoisotopic (exact) mass is 434 g/mol. The van der Waals surface area contributed by atoms with Gasteiger partial charge in [0, 0.05) is 18.3 Å². The fourth-order valence-electron chi connectivity index (χ4n) is 3.00. The Morgan fingerprint density at radius 1 is 1.00 bits per heavy atom. The maximum atomic E-state index is 12.6. The van der Waals surface area contributed by atoms with E-state index in [4.69, 9.17) is 14.2 Å². The molecule has 0 atom stereocenters. The number of pyridine rings is 1. The third-order valence-electron chi connectivity index (χ3n) is 4.84. The lowest BCUT2D eigenvalue weighted by atomic mass is 10.1. The standard InChI is InChI=1S/C26H30N2O4/c1-19(2)12-14-31-24-11-10-21(16-25(24)30-3)26(29)28-17-20-7-6-9-23(15-20)32-18-22-8-4-5-13-27-22/h4-11,13,15-16,19H,12,14,17-18H2,1-3H3,(H,28,29). The molecule has 0 aliphatic heterocycles. The molecule has 0 aliphatic rings. The third kappa shape index (κ3) is 7.01. The first-order valence-electron chi connectivity index (χ1n) is 10.8. The highest BCUT2D eigenvalue weighted by Gasteiger charge is 2.12. The van der Waals surface area contributed by atoms with Crippen molar-refractivity contribution in [3.8, 4) is 17.2 Å². The Balaban J connectivity index is 1.55. The Kier molecular flexibility index (Phi) is 8.49. The third-order valence-corrected chi connectivity index (χ3v) is 4.84. The van der Waals surface area contributed by atoms with Crippen molar-refractivity contribution >= 4 is 5.91 Å². The van der Waals surface area contributed by atoms with Gasteiger partial charge in [0.15, 0.2) is 11.5 Å². The van der Waals surface area contributed by atoms with E-state index in [1.807, 2.05) is 42.5 Å². The number of rotatable bonds is 11. The second kappa shape index (κ2) is 11.7. The molecular formula is C26H30N2O4. The average Bonchev–Trinajstić information content (AvgIpc) is 2.82. The summed E-state index contributed by atoms with van der Waals surface area (Å²) in [5.74, 6) is 2.29. The molecule has 3 aromatic rings. The predicted octanol–water partition coefficient (Wildman–Crippen LogP) is 5.02. The topological polar surface area (TPSA) is 69.7 Å². The zero-order valence-electron chi connectivity index (χ0n) is 18.8. The highest BCUT2D eigenvalue weighted by Crippen LogP contribution is 2.28. The fraction of sp³-hybridized carbons (Fsp3) is 0.308. The number of carbonyl (C=O) groups excluding carboxylic acids is 1. The number of nitrogens with one attached hydrogen (secondary N) is 1. The van der Waals surface area contributed by atoms with E-state index in [9.17, 15) is 4.79 Å². The number of amides is 1. The maximum Gasteiger partial charge on any atom is 0.251 e. The lowest BCUT2D eigenvalue weighted by Crippen LogP contribution is -2.22. The first kappa shape index (κ1) is 23.1. The Bertz CT molecular complexity index is 1010. The summed E-state index contributed by atoms with van der Waals surface area (Å²) in [6.45, 7) is 5.68. The van der Waals surface area contributed by atoms with Gasteiger partial charge in [-0.2, -0.15) is 0 Å². The van der Waals surface area contributed by atoms with Crippen LogP contribution in [0.4, 0.5) is 0 Å². The molecule has 1 amide bonds. The van der Waals surface area contributed by atoms with Gasteiger partial charge in [-0.15, -0.1) is 0 Å². The number of carbonyl (C=O) groups is 1. The molecule has 6 heteroatoms. The van der Waals surface area contributed by atoms with E-state index in [-0.39, 0.29) is 5.91 Å². The van der Waals surface area contributed by atoms with Crippen LogP contribution in [0, 0.1) is 5.92 Å². The Hall–Kier alpha value is -3.54. The second-order valence-corrected chi connectivity index (χ2v) is 7.84. The lowest BCUT2D eigenvalue weighted by molar-refractivity contribution is 0.0950. The first-order chi connectivity index (χ1) is 15.5. The van der Waals surface area contributed by atoms with E-state index in [0.717, 1.165) is 23.4 Å². The number of methoxy groups -OCH3 is 1. The summed E-state index contributed by atoms with van der Waals surface area (Å²) in [4.78, 5) is 16.9. The van der Waals surface area contributed by atoms with E-state index < -0.39 is 0 Å². The summed E-state index contributed by atoms with van der Waals surface area (Å²) >= 11 is 0. The van der Waals surface area contributed by atoms with Crippen LogP contribution < -0.4 is 19.5 Å². The van der Waals surface area contributed by atoms with Gasteiger partial charge < -0.3 is 19.5 Å². The molecule has 0 aliphatic carbocycles. The summed E-state index contributed by atoms with van der Waals surface area (Å²) in [5.41, 5.74) is 2.31. The second-order valence-electron chi connectivity index (χ2n) is 7.84. The number of hydrogen-bond donors (Lipinski definition) is 1. The van der Waals surface area contributed by atoms with Gasteiger partial charge in [0.25, 0.3) is 5.91 Å². The van der Waals surface area contributed by atoms with Gasteiger partial charge in [-0.05, 0) is 60.4 Å². The normalized spacial score (nSPS) is 10.6. The molecule has 168 valence electrons. The minimum Gasteiger partial charge on any atom is -0.493 e. The molecule has 2 aromatic carbocycles. The van der Waals surface area contributed by atoms with Crippen molar-refractivity contribution in [3.63, 3.8) is 0 Å². The number of benzene rings is 2. The van der Waals surface area contributed by atoms with E-state index in [0.29, 0.717) is 42.7 Å². The smallest absolute Gasteiger partial charge is 0.251 e. The molecule has 0 radical (unpaired) electrons. The molecule has 0 saturated heterocycles. The van der Waals surface area contributed by atoms with E-state index in [1.54, 1.807) is 31.5 Å². The van der Waals surface area contributed by atoms with E-state index in [1.165, 1.54) is 0 Å². The summed E-state index contributed by atoms with van der Waals surface area (Å²) in [5, 5.41) is 2.94. The van der Waals surface area contributed by atoms with Crippen LogP contribution in [0.2, 0.25) is 0 Å². The Labute approximate surface area is 189 Å². The van der Waals surface area contributed by atoms with E-state index in [2.05, 4.69) is 24.1 Å². The van der Waals surface area contributed by atoms with E-state index >= 15 is 0 Å². The number of nitrogens with zero attached hydrogens (tertiary/aromatic N) is 1. The van der Waals surface area contributed by atoms with Crippen molar-refractivity contribution in [3.05, 3.63) is 83.7 Å². The number of ether oxygens (including phenoxy) is 3. The van der Waals surface area contributed by atoms with Crippen molar-refractivity contribution in [2.45, 2.75) is 33.4 Å². The van der Waals surface area contributed by atoms with Gasteiger partial charge in [-0.25, -0.2) is 0 Å². The number of aromatic nitrogens is 1. The first-order valence-corrected chi connectivity index (χ1v) is 10.8. The van der Waals surface area contributed by atoms with Crippen LogP contribution in [0.5, 0.6) is 17.2 Å². The molecule has 0 spiro atoms. The molecule has 0 unspecified atom stereocenters. The highest BCUT2D eigenvalue weighted by molar-refractivity contribution is 5.94. The van der Waals surface area contributed by atoms with Gasteiger partial charge in [-0.1, -0.05) is 32.0 Å². The van der Waals surface area contributed by atoms with Gasteiger partial charge in [-0.3, -0.25) is 9.78 Å². The molecular weight excluding hydrogens is 404 g/mol. The molecule has 1 aromatic heterocycles. The summed E-state index contributed by atoms with van der Waals surface area (Å²) in [7, 11) is 1.57. The van der Waals surface area contributed by atoms with Crippen LogP contribution in [0.1, 0.15) is 41.9 Å². The van der Waals surface area contributed by atoms with Crippen molar-refractivity contribution in [1.82, 2.24) is 10.3 Å². The van der Waals surface area contributed by atoms with Crippen molar-refractivity contribution < 1.29 is 19.0 Å². The van der Waals surface area contributed by atoms with Crippen molar-refractivity contribution in [2.75, 3.05) is 13.7 Å². The molecule has 0 fully saturated rings. The number of hydrogen-bond acceptors (Lipinski definition) is 5. The molecule has 3 rings (SSSR count). The minimum absolute atomic E-state index is 0.183. The van der Waals surface area contributed by atoms with Crippen LogP contribution in [0.25, 0.3) is 0 Å². The van der Waals surface area contributed by atoms with Crippen molar-refractivity contribution in [1.29, 1.82) is 0 Å². The van der Waals surface area contributed by atoms with Gasteiger partial charge in [0.05, 0.1) is 19.4 Å². The van der Waals surface area contributed by atoms with Crippen LogP contribution in [0.15, 0.2) is 66.9 Å². The SMILES string of the molecule is COc1cc(C(=O)NCc2cccc(OCc3ccccn3)c2)ccc1OCCC(C)C. The quantitative estimate of drug-likeness (QED) is 0.459. The maximum absolute atomic E-state index is 12.6. The van der Waals surface area contributed by atoms with Crippen LogP contribution in [-0.2, 0) is 13.2 Å². The molecule has 32 heavy (non-hydrogen) atoms. The predicted molar refractivity (Wildman–Crippen MR) is 124 cm³/mol. The summed E-state index contributed by atoms with van der Waals surface area (Å²) in [6.07, 6.45) is 2.69. The molecule has 0 saturated carbocycles. The van der Waals surface area contributed by atoms with Crippen LogP contribution in [-0.4, -0.2) is 24.6 Å². The minimum atomic E-state index is -0.183. The molecule has 6 nitrogen and oxygen atoms in total. The van der Waals surface area contributed by atoms with Gasteiger partial charge in [0.2, 0.25) is 0 Å². The van der Waals surface area contributed by atoms with Crippen molar-refractivity contribution in [2.24, 2.45) is 5.92 Å². The zero-order valence-corrected chi connectivity index (χ0v) is 18.8. The molecule has 1 heterocycles. The lowest BCUT2D eigenvalue weighted by Gasteiger charge is -2.13. The Morgan fingerprint density at radius 3 is 2.62 bits per heavy atom. The molecule has 1 N–H and O–H groups in total. The largest absolute Gasteiger partial charge is 0.493 e. The average molecular weight is 435 g/mol. The Morgan fingerprint density at radius 2 is 1.88 bits per heavy atom. The summed E-state index contributed by atoms with van der Waals surface area (Å²) in [6, 6.07) is 18.6. The van der Waals surface area contributed by atoms with Gasteiger partial charge in [0.1, 0.15) is 12.4 Å². The highest BCUT2D eigenvalue weighted by atomic mass is 16.5. The summed E-state index contributed by atoms with van der Waals surface area (Å²) < 4.78 is 17.0. The van der Waals surface area contributed by atoms with Gasteiger partial charge >= 0.3 is 0 Å².